The molecule has 1 heterocycles. The topological polar surface area (TPSA) is 66.9 Å². The molecule has 0 radical (unpaired) electrons. The van der Waals surface area contributed by atoms with Crippen LogP contribution in [0.25, 0.3) is 0 Å². The zero-order valence-electron chi connectivity index (χ0n) is 13.3. The molecule has 1 aromatic carbocycles. The van der Waals surface area contributed by atoms with Gasteiger partial charge < -0.3 is 9.64 Å². The molecule has 6 heteroatoms. The number of amides is 3. The molecule has 0 aliphatic carbocycles. The Hall–Kier alpha value is -2.37. The van der Waals surface area contributed by atoms with Gasteiger partial charge in [-0.25, -0.2) is 4.79 Å². The van der Waals surface area contributed by atoms with Crippen LogP contribution >= 0.6 is 0 Å². The predicted octanol–water partition coefficient (Wildman–Crippen LogP) is 2.15. The molecule has 1 aliphatic heterocycles. The Kier molecular flexibility index (Phi) is 4.21. The predicted molar refractivity (Wildman–Crippen MR) is 80.7 cm³/mol. The number of ether oxygens (including phenoxy) is 1. The number of hydrogen-bond donors (Lipinski definition) is 0. The molecule has 118 valence electrons. The molecule has 22 heavy (non-hydrogen) atoms. The maximum Gasteiger partial charge on any atom is 0.410 e. The molecule has 3 amide bonds. The van der Waals surface area contributed by atoms with Crippen LogP contribution in [0.3, 0.4) is 0 Å². The highest BCUT2D eigenvalue weighted by molar-refractivity contribution is 6.21. The SMILES string of the molecule is CN(CCN1C(=O)c2ccccc2C1=O)C(=O)OC(C)(C)C. The van der Waals surface area contributed by atoms with Crippen molar-refractivity contribution in [2.75, 3.05) is 20.1 Å². The van der Waals surface area contributed by atoms with Crippen molar-refractivity contribution in [3.05, 3.63) is 35.4 Å². The van der Waals surface area contributed by atoms with Crippen molar-refractivity contribution < 1.29 is 19.1 Å². The van der Waals surface area contributed by atoms with E-state index in [0.717, 1.165) is 4.90 Å². The van der Waals surface area contributed by atoms with Gasteiger partial charge in [0, 0.05) is 20.1 Å². The molecular formula is C16H20N2O4. The Labute approximate surface area is 129 Å². The monoisotopic (exact) mass is 304 g/mol. The van der Waals surface area contributed by atoms with Crippen LogP contribution in [0, 0.1) is 0 Å². The van der Waals surface area contributed by atoms with Gasteiger partial charge in [0.05, 0.1) is 11.1 Å². The Balaban J connectivity index is 1.97. The lowest BCUT2D eigenvalue weighted by atomic mass is 10.1. The number of imide groups is 1. The van der Waals surface area contributed by atoms with E-state index in [9.17, 15) is 14.4 Å². The van der Waals surface area contributed by atoms with Crippen LogP contribution in [0.15, 0.2) is 24.3 Å². The van der Waals surface area contributed by atoms with Crippen molar-refractivity contribution in [2.45, 2.75) is 26.4 Å². The zero-order chi connectivity index (χ0) is 16.5. The summed E-state index contributed by atoms with van der Waals surface area (Å²) in [6, 6.07) is 6.71. The average Bonchev–Trinajstić information content (AvgIpc) is 2.67. The second kappa shape index (κ2) is 5.79. The first kappa shape index (κ1) is 16.0. The van der Waals surface area contributed by atoms with Crippen molar-refractivity contribution in [3.63, 3.8) is 0 Å². The van der Waals surface area contributed by atoms with Crippen LogP contribution in [-0.2, 0) is 4.74 Å². The minimum Gasteiger partial charge on any atom is -0.444 e. The van der Waals surface area contributed by atoms with Gasteiger partial charge in [-0.1, -0.05) is 12.1 Å². The van der Waals surface area contributed by atoms with Crippen LogP contribution in [0.2, 0.25) is 0 Å². The third kappa shape index (κ3) is 3.27. The summed E-state index contributed by atoms with van der Waals surface area (Å²) >= 11 is 0. The van der Waals surface area contributed by atoms with Gasteiger partial charge in [-0.15, -0.1) is 0 Å². The Morgan fingerprint density at radius 2 is 1.64 bits per heavy atom. The first-order valence-corrected chi connectivity index (χ1v) is 7.10. The Morgan fingerprint density at radius 1 is 1.14 bits per heavy atom. The van der Waals surface area contributed by atoms with Gasteiger partial charge in [-0.3, -0.25) is 14.5 Å². The maximum absolute atomic E-state index is 12.2. The van der Waals surface area contributed by atoms with E-state index in [4.69, 9.17) is 4.74 Å². The fraction of sp³-hybridized carbons (Fsp3) is 0.438. The number of fused-ring (bicyclic) bond motifs is 1. The standard InChI is InChI=1S/C16H20N2O4/c1-16(2,3)22-15(21)17(4)9-10-18-13(19)11-7-5-6-8-12(11)14(18)20/h5-8H,9-10H2,1-4H3. The van der Waals surface area contributed by atoms with E-state index >= 15 is 0 Å². The van der Waals surface area contributed by atoms with Crippen molar-refractivity contribution in [1.29, 1.82) is 0 Å². The molecule has 0 spiro atoms. The average molecular weight is 304 g/mol. The summed E-state index contributed by atoms with van der Waals surface area (Å²) in [6.07, 6.45) is -0.482. The largest absolute Gasteiger partial charge is 0.444 e. The number of carbonyl (C=O) groups excluding carboxylic acids is 3. The summed E-state index contributed by atoms with van der Waals surface area (Å²) in [7, 11) is 1.58. The normalized spacial score (nSPS) is 14.1. The van der Waals surface area contributed by atoms with E-state index in [-0.39, 0.29) is 24.9 Å². The van der Waals surface area contributed by atoms with Gasteiger partial charge >= 0.3 is 6.09 Å². The number of benzene rings is 1. The van der Waals surface area contributed by atoms with Gasteiger partial charge in [0.2, 0.25) is 0 Å². The van der Waals surface area contributed by atoms with Gasteiger partial charge in [-0.2, -0.15) is 0 Å². The molecule has 0 saturated heterocycles. The maximum atomic E-state index is 12.2. The van der Waals surface area contributed by atoms with Gasteiger partial charge in [-0.05, 0) is 32.9 Å². The summed E-state index contributed by atoms with van der Waals surface area (Å²) in [6.45, 7) is 5.71. The third-order valence-electron chi connectivity index (χ3n) is 3.24. The van der Waals surface area contributed by atoms with Crippen LogP contribution in [-0.4, -0.2) is 53.4 Å². The molecule has 0 aromatic heterocycles. The van der Waals surface area contributed by atoms with Crippen molar-refractivity contribution in [2.24, 2.45) is 0 Å². The third-order valence-corrected chi connectivity index (χ3v) is 3.24. The highest BCUT2D eigenvalue weighted by atomic mass is 16.6. The Bertz CT molecular complexity index is 584. The van der Waals surface area contributed by atoms with Gasteiger partial charge in [0.25, 0.3) is 11.8 Å². The molecule has 1 aliphatic rings. The molecule has 0 atom stereocenters. The molecular weight excluding hydrogens is 284 g/mol. The lowest BCUT2D eigenvalue weighted by molar-refractivity contribution is 0.0276. The van der Waals surface area contributed by atoms with Crippen molar-refractivity contribution >= 4 is 17.9 Å². The first-order chi connectivity index (χ1) is 10.2. The second-order valence-electron chi connectivity index (χ2n) is 6.21. The highest BCUT2D eigenvalue weighted by Crippen LogP contribution is 2.22. The highest BCUT2D eigenvalue weighted by Gasteiger charge is 2.35. The number of hydrogen-bond acceptors (Lipinski definition) is 4. The lowest BCUT2D eigenvalue weighted by Gasteiger charge is -2.25. The number of rotatable bonds is 3. The quantitative estimate of drug-likeness (QED) is 0.803. The minimum absolute atomic E-state index is 0.141. The van der Waals surface area contributed by atoms with Gasteiger partial charge in [0.1, 0.15) is 5.60 Å². The fourth-order valence-corrected chi connectivity index (χ4v) is 2.12. The van der Waals surface area contributed by atoms with Crippen molar-refractivity contribution in [3.8, 4) is 0 Å². The molecule has 0 unspecified atom stereocenters. The summed E-state index contributed by atoms with van der Waals surface area (Å²) in [4.78, 5) is 38.8. The molecule has 0 bridgehead atoms. The van der Waals surface area contributed by atoms with Gasteiger partial charge in [0.15, 0.2) is 0 Å². The number of carbonyl (C=O) groups is 3. The van der Waals surface area contributed by atoms with E-state index in [1.165, 1.54) is 4.90 Å². The summed E-state index contributed by atoms with van der Waals surface area (Å²) < 4.78 is 5.23. The number of nitrogens with zero attached hydrogens (tertiary/aromatic N) is 2. The first-order valence-electron chi connectivity index (χ1n) is 7.10. The summed E-state index contributed by atoms with van der Waals surface area (Å²) in [5.41, 5.74) is 0.237. The van der Waals surface area contributed by atoms with E-state index in [2.05, 4.69) is 0 Å². The zero-order valence-corrected chi connectivity index (χ0v) is 13.3. The fourth-order valence-electron chi connectivity index (χ4n) is 2.12. The minimum atomic E-state index is -0.582. The summed E-state index contributed by atoms with van der Waals surface area (Å²) in [5, 5.41) is 0. The van der Waals surface area contributed by atoms with Crippen LogP contribution in [0.1, 0.15) is 41.5 Å². The number of likely N-dealkylation sites (N-methyl/N-ethyl adjacent to an activating group) is 1. The molecule has 0 fully saturated rings. The summed E-state index contributed by atoms with van der Waals surface area (Å²) in [5.74, 6) is -0.642. The molecule has 6 nitrogen and oxygen atoms in total. The molecule has 1 aromatic rings. The smallest absolute Gasteiger partial charge is 0.410 e. The van der Waals surface area contributed by atoms with E-state index in [1.807, 2.05) is 0 Å². The van der Waals surface area contributed by atoms with Crippen LogP contribution < -0.4 is 0 Å². The molecule has 2 rings (SSSR count). The molecule has 0 N–H and O–H groups in total. The van der Waals surface area contributed by atoms with Crippen LogP contribution in [0.5, 0.6) is 0 Å². The van der Waals surface area contributed by atoms with Crippen LogP contribution in [0.4, 0.5) is 4.79 Å². The molecule has 0 saturated carbocycles. The Morgan fingerprint density at radius 3 is 2.09 bits per heavy atom. The van der Waals surface area contributed by atoms with E-state index < -0.39 is 11.7 Å². The van der Waals surface area contributed by atoms with Crippen molar-refractivity contribution in [1.82, 2.24) is 9.80 Å². The van der Waals surface area contributed by atoms with E-state index in [0.29, 0.717) is 11.1 Å². The lowest BCUT2D eigenvalue weighted by Crippen LogP contribution is -2.41. The second-order valence-corrected chi connectivity index (χ2v) is 6.21. The van der Waals surface area contributed by atoms with E-state index in [1.54, 1.807) is 52.1 Å².